The third-order valence-electron chi connectivity index (χ3n) is 3.22. The van der Waals surface area contributed by atoms with Gasteiger partial charge in [-0.15, -0.1) is 0 Å². The van der Waals surface area contributed by atoms with E-state index in [1.54, 1.807) is 8.87 Å². The molecule has 0 saturated carbocycles. The molecule has 0 aromatic heterocycles. The summed E-state index contributed by atoms with van der Waals surface area (Å²) in [5.41, 5.74) is 0. The predicted octanol–water partition coefficient (Wildman–Crippen LogP) is 6.26. The Labute approximate surface area is 133 Å². The second kappa shape index (κ2) is 20.5. The SMILES string of the molecule is CCCCC(CC)CS.CCC[CH2][Sn][CH2]CCC. The van der Waals surface area contributed by atoms with Gasteiger partial charge in [-0.25, -0.2) is 0 Å². The topological polar surface area (TPSA) is 0 Å². The van der Waals surface area contributed by atoms with Crippen LogP contribution in [0.3, 0.4) is 0 Å². The van der Waals surface area contributed by atoms with Gasteiger partial charge in [0.1, 0.15) is 0 Å². The fraction of sp³-hybridized carbons (Fsp3) is 1.00. The van der Waals surface area contributed by atoms with Crippen molar-refractivity contribution in [3.63, 3.8) is 0 Å². The van der Waals surface area contributed by atoms with Crippen molar-refractivity contribution in [2.45, 2.75) is 87.9 Å². The van der Waals surface area contributed by atoms with Crippen molar-refractivity contribution in [3.8, 4) is 0 Å². The predicted molar refractivity (Wildman–Crippen MR) is 92.3 cm³/mol. The molecular formula is C16H36SSn. The van der Waals surface area contributed by atoms with E-state index < -0.39 is 0 Å². The van der Waals surface area contributed by atoms with E-state index in [0.717, 1.165) is 11.7 Å². The van der Waals surface area contributed by atoms with Crippen LogP contribution in [0.2, 0.25) is 8.87 Å². The van der Waals surface area contributed by atoms with Crippen LogP contribution >= 0.6 is 12.6 Å². The number of rotatable bonds is 11. The first-order chi connectivity index (χ1) is 8.76. The quantitative estimate of drug-likeness (QED) is 0.245. The normalized spacial score (nSPS) is 11.8. The molecule has 1 atom stereocenters. The number of unbranched alkanes of at least 4 members (excludes halogenated alkanes) is 3. The van der Waals surface area contributed by atoms with Gasteiger partial charge in [0.2, 0.25) is 0 Å². The first-order valence-corrected chi connectivity index (χ1v) is 12.7. The molecule has 0 fully saturated rings. The Morgan fingerprint density at radius 2 is 1.33 bits per heavy atom. The minimum absolute atomic E-state index is 0.149. The zero-order valence-corrected chi connectivity index (χ0v) is 17.1. The second-order valence-corrected chi connectivity index (χ2v) is 9.70. The van der Waals surface area contributed by atoms with E-state index in [-0.39, 0.29) is 21.1 Å². The summed E-state index contributed by atoms with van der Waals surface area (Å²) < 4.78 is 3.25. The number of hydrogen-bond donors (Lipinski definition) is 1. The molecule has 0 amide bonds. The summed E-state index contributed by atoms with van der Waals surface area (Å²) in [5, 5.41) is 0. The minimum atomic E-state index is 0.149. The van der Waals surface area contributed by atoms with Crippen LogP contribution < -0.4 is 0 Å². The molecule has 2 radical (unpaired) electrons. The first-order valence-electron chi connectivity index (χ1n) is 8.08. The summed E-state index contributed by atoms with van der Waals surface area (Å²) in [6.45, 7) is 9.07. The van der Waals surface area contributed by atoms with Crippen LogP contribution in [0.1, 0.15) is 79.1 Å². The van der Waals surface area contributed by atoms with Gasteiger partial charge in [0.05, 0.1) is 0 Å². The Kier molecular flexibility index (Phi) is 24.4. The third-order valence-corrected chi connectivity index (χ3v) is 7.77. The average Bonchev–Trinajstić information content (AvgIpc) is 2.41. The molecule has 0 spiro atoms. The van der Waals surface area contributed by atoms with Crippen LogP contribution in [0.15, 0.2) is 0 Å². The van der Waals surface area contributed by atoms with E-state index >= 15 is 0 Å². The summed E-state index contributed by atoms with van der Waals surface area (Å²) >= 11 is 4.42. The van der Waals surface area contributed by atoms with Gasteiger partial charge in [-0.2, -0.15) is 12.6 Å². The number of hydrogen-bond acceptors (Lipinski definition) is 1. The van der Waals surface area contributed by atoms with Crippen molar-refractivity contribution in [2.24, 2.45) is 5.92 Å². The molecule has 0 aromatic rings. The van der Waals surface area contributed by atoms with Crippen LogP contribution in [0, 0.1) is 5.92 Å². The Morgan fingerprint density at radius 1 is 0.833 bits per heavy atom. The van der Waals surface area contributed by atoms with E-state index in [1.807, 2.05) is 0 Å². The van der Waals surface area contributed by atoms with E-state index in [2.05, 4.69) is 40.3 Å². The molecule has 0 rings (SSSR count). The van der Waals surface area contributed by atoms with Gasteiger partial charge in [0.25, 0.3) is 0 Å². The fourth-order valence-corrected chi connectivity index (χ4v) is 6.25. The van der Waals surface area contributed by atoms with Crippen molar-refractivity contribution in [1.29, 1.82) is 0 Å². The molecule has 0 N–H and O–H groups in total. The van der Waals surface area contributed by atoms with Gasteiger partial charge >= 0.3 is 69.5 Å². The van der Waals surface area contributed by atoms with Crippen molar-refractivity contribution in [1.82, 2.24) is 0 Å². The molecule has 0 aliphatic rings. The van der Waals surface area contributed by atoms with Gasteiger partial charge < -0.3 is 0 Å². The molecular weight excluding hydrogens is 343 g/mol. The van der Waals surface area contributed by atoms with Crippen LogP contribution in [0.25, 0.3) is 0 Å². The van der Waals surface area contributed by atoms with E-state index in [9.17, 15) is 0 Å². The van der Waals surface area contributed by atoms with E-state index in [0.29, 0.717) is 0 Å². The molecule has 0 nitrogen and oxygen atoms in total. The van der Waals surface area contributed by atoms with Crippen molar-refractivity contribution in [3.05, 3.63) is 0 Å². The first kappa shape index (κ1) is 21.4. The average molecular weight is 379 g/mol. The molecule has 0 saturated heterocycles. The van der Waals surface area contributed by atoms with Crippen molar-refractivity contribution in [2.75, 3.05) is 5.75 Å². The molecule has 1 unspecified atom stereocenters. The molecule has 0 aromatic carbocycles. The van der Waals surface area contributed by atoms with E-state index in [1.165, 1.54) is 51.4 Å². The zero-order valence-electron chi connectivity index (χ0n) is 13.3. The zero-order chi connectivity index (χ0) is 14.1. The third kappa shape index (κ3) is 19.5. The monoisotopic (exact) mass is 380 g/mol. The summed E-state index contributed by atoms with van der Waals surface area (Å²) in [6, 6.07) is 0. The van der Waals surface area contributed by atoms with E-state index in [4.69, 9.17) is 0 Å². The van der Waals surface area contributed by atoms with Crippen molar-refractivity contribution < 1.29 is 0 Å². The van der Waals surface area contributed by atoms with Crippen LogP contribution in [-0.2, 0) is 0 Å². The Bertz CT molecular complexity index is 118. The Hall–Kier alpha value is 1.15. The number of thiol groups is 1. The van der Waals surface area contributed by atoms with Gasteiger partial charge in [-0.05, 0) is 18.1 Å². The molecule has 2 heteroatoms. The maximum atomic E-state index is 4.27. The molecule has 0 aliphatic heterocycles. The summed E-state index contributed by atoms with van der Waals surface area (Å²) in [6.07, 6.45) is 11.2. The van der Waals surface area contributed by atoms with Gasteiger partial charge in [0.15, 0.2) is 0 Å². The Balaban J connectivity index is 0. The fourth-order valence-electron chi connectivity index (χ4n) is 1.65. The Morgan fingerprint density at radius 3 is 1.67 bits per heavy atom. The molecule has 0 heterocycles. The van der Waals surface area contributed by atoms with Gasteiger partial charge in [0, 0.05) is 0 Å². The summed E-state index contributed by atoms with van der Waals surface area (Å²) in [5.74, 6) is 1.93. The van der Waals surface area contributed by atoms with Gasteiger partial charge in [-0.3, -0.25) is 0 Å². The van der Waals surface area contributed by atoms with Crippen molar-refractivity contribution >= 4 is 33.8 Å². The molecule has 0 aliphatic carbocycles. The van der Waals surface area contributed by atoms with Crippen LogP contribution in [0.5, 0.6) is 0 Å². The maximum absolute atomic E-state index is 4.27. The second-order valence-electron chi connectivity index (χ2n) is 5.06. The summed E-state index contributed by atoms with van der Waals surface area (Å²) in [4.78, 5) is 0. The summed E-state index contributed by atoms with van der Waals surface area (Å²) in [7, 11) is 0. The standard InChI is InChI=1S/C8H18S.2C4H9.Sn/c1-3-5-6-8(4-2)7-9;2*1-3-4-2;/h8-9H,3-7H2,1-2H3;2*1,3-4H2,2H3;. The van der Waals surface area contributed by atoms with Gasteiger partial charge in [-0.1, -0.05) is 33.1 Å². The van der Waals surface area contributed by atoms with Crippen LogP contribution in [-0.4, -0.2) is 26.9 Å². The molecule has 0 bridgehead atoms. The molecule has 110 valence electrons. The van der Waals surface area contributed by atoms with Crippen LogP contribution in [0.4, 0.5) is 0 Å². The molecule has 18 heavy (non-hydrogen) atoms.